The normalized spacial score (nSPS) is 10.3. The number of carbonyl (C=O) groups excluding carboxylic acids is 1. The molecule has 0 aliphatic carbocycles. The summed E-state index contributed by atoms with van der Waals surface area (Å²) >= 11 is 13.3. The number of methoxy groups -OCH3 is 1. The fraction of sp³-hybridized carbons (Fsp3) is 0.263. The van der Waals surface area contributed by atoms with E-state index in [4.69, 9.17) is 28.6 Å². The average molecular weight is 409 g/mol. The van der Waals surface area contributed by atoms with Gasteiger partial charge in [0.25, 0.3) is 0 Å². The Morgan fingerprint density at radius 1 is 1.23 bits per heavy atom. The minimum Gasteiger partial charge on any atom is -0.465 e. The fourth-order valence-electron chi connectivity index (χ4n) is 2.14. The lowest BCUT2D eigenvalue weighted by Gasteiger charge is -2.12. The summed E-state index contributed by atoms with van der Waals surface area (Å²) in [6, 6.07) is 13.4. The Labute approximate surface area is 168 Å². The van der Waals surface area contributed by atoms with Crippen molar-refractivity contribution in [3.05, 3.63) is 64.2 Å². The molecule has 0 heterocycles. The van der Waals surface area contributed by atoms with Crippen LogP contribution in [0.2, 0.25) is 5.02 Å². The molecule has 0 saturated heterocycles. The van der Waals surface area contributed by atoms with E-state index in [1.807, 2.05) is 11.8 Å². The largest absolute Gasteiger partial charge is 0.465 e. The van der Waals surface area contributed by atoms with Crippen molar-refractivity contribution in [2.45, 2.75) is 12.7 Å². The minimum atomic E-state index is -0.420. The molecule has 0 spiro atoms. The molecule has 2 rings (SSSR count). The number of aryl methyl sites for hydroxylation is 1. The fourth-order valence-corrected chi connectivity index (χ4v) is 3.34. The summed E-state index contributed by atoms with van der Waals surface area (Å²) in [5.74, 6) is 1.47. The van der Waals surface area contributed by atoms with E-state index >= 15 is 0 Å². The highest BCUT2D eigenvalue weighted by molar-refractivity contribution is 7.98. The summed E-state index contributed by atoms with van der Waals surface area (Å²) in [4.78, 5) is 11.6. The Morgan fingerprint density at radius 2 is 1.96 bits per heavy atom. The molecule has 0 radical (unpaired) electrons. The van der Waals surface area contributed by atoms with E-state index in [-0.39, 0.29) is 0 Å². The first-order valence-electron chi connectivity index (χ1n) is 8.05. The van der Waals surface area contributed by atoms with Gasteiger partial charge in [-0.25, -0.2) is 4.79 Å². The Bertz CT molecular complexity index is 767. The van der Waals surface area contributed by atoms with E-state index in [0.717, 1.165) is 18.1 Å². The number of halogens is 1. The van der Waals surface area contributed by atoms with Crippen molar-refractivity contribution in [2.24, 2.45) is 0 Å². The summed E-state index contributed by atoms with van der Waals surface area (Å²) in [5, 5.41) is 7.10. The van der Waals surface area contributed by atoms with Gasteiger partial charge in [0, 0.05) is 18.1 Å². The second kappa shape index (κ2) is 10.4. The Morgan fingerprint density at radius 3 is 2.65 bits per heavy atom. The third-order valence-electron chi connectivity index (χ3n) is 3.56. The van der Waals surface area contributed by atoms with E-state index in [9.17, 15) is 4.79 Å². The number of hydrogen-bond acceptors (Lipinski definition) is 4. The molecule has 0 fully saturated rings. The zero-order chi connectivity index (χ0) is 18.9. The molecular formula is C19H21ClN2O2S2. The summed E-state index contributed by atoms with van der Waals surface area (Å²) in [5.41, 5.74) is 3.56. The van der Waals surface area contributed by atoms with Gasteiger partial charge in [0.15, 0.2) is 5.11 Å². The monoisotopic (exact) mass is 408 g/mol. The number of ether oxygens (including phenoxy) is 1. The first-order chi connectivity index (χ1) is 12.5. The number of thiocarbonyl (C=S) groups is 1. The zero-order valence-corrected chi connectivity index (χ0v) is 17.1. The molecule has 0 saturated carbocycles. The van der Waals surface area contributed by atoms with Crippen molar-refractivity contribution in [3.63, 3.8) is 0 Å². The molecule has 26 heavy (non-hydrogen) atoms. The topological polar surface area (TPSA) is 50.4 Å². The SMILES string of the molecule is COC(=O)c1ccc(Cl)c(NC(=S)NCCSCc2ccc(C)cc2)c1. The average Bonchev–Trinajstić information content (AvgIpc) is 2.64. The predicted octanol–water partition coefficient (Wildman–Crippen LogP) is 4.65. The van der Waals surface area contributed by atoms with Crippen LogP contribution in [0.25, 0.3) is 0 Å². The van der Waals surface area contributed by atoms with Crippen molar-refractivity contribution in [1.82, 2.24) is 5.32 Å². The maximum atomic E-state index is 11.6. The number of benzene rings is 2. The highest BCUT2D eigenvalue weighted by atomic mass is 35.5. The molecule has 4 nitrogen and oxygen atoms in total. The Hall–Kier alpha value is -1.76. The van der Waals surface area contributed by atoms with Crippen molar-refractivity contribution in [1.29, 1.82) is 0 Å². The number of carbonyl (C=O) groups is 1. The molecule has 0 aliphatic rings. The number of nitrogens with one attached hydrogen (secondary N) is 2. The van der Waals surface area contributed by atoms with Crippen LogP contribution in [0.3, 0.4) is 0 Å². The van der Waals surface area contributed by atoms with Gasteiger partial charge in [-0.05, 0) is 42.9 Å². The number of anilines is 1. The predicted molar refractivity (Wildman–Crippen MR) is 114 cm³/mol. The number of esters is 1. The van der Waals surface area contributed by atoms with Crippen LogP contribution in [-0.2, 0) is 10.5 Å². The van der Waals surface area contributed by atoms with Crippen LogP contribution in [0, 0.1) is 6.92 Å². The standard InChI is InChI=1S/C19H21ClN2O2S2/c1-13-3-5-14(6-4-13)12-26-10-9-21-19(25)22-17-11-15(18(23)24-2)7-8-16(17)20/h3-8,11H,9-10,12H2,1-2H3,(H2,21,22,25). The molecule has 2 aromatic carbocycles. The van der Waals surface area contributed by atoms with Gasteiger partial charge in [-0.15, -0.1) is 0 Å². The van der Waals surface area contributed by atoms with Crippen molar-refractivity contribution < 1.29 is 9.53 Å². The summed E-state index contributed by atoms with van der Waals surface area (Å²) < 4.78 is 4.71. The van der Waals surface area contributed by atoms with E-state index in [1.165, 1.54) is 18.2 Å². The molecular weight excluding hydrogens is 388 g/mol. The zero-order valence-electron chi connectivity index (χ0n) is 14.7. The van der Waals surface area contributed by atoms with Gasteiger partial charge in [-0.1, -0.05) is 41.4 Å². The Balaban J connectivity index is 1.75. The number of rotatable bonds is 7. The van der Waals surface area contributed by atoms with Crippen LogP contribution in [0.15, 0.2) is 42.5 Å². The van der Waals surface area contributed by atoms with Crippen molar-refractivity contribution in [2.75, 3.05) is 24.7 Å². The number of hydrogen-bond donors (Lipinski definition) is 2. The van der Waals surface area contributed by atoms with Gasteiger partial charge in [-0.3, -0.25) is 0 Å². The smallest absolute Gasteiger partial charge is 0.337 e. The molecule has 2 N–H and O–H groups in total. The molecule has 138 valence electrons. The van der Waals surface area contributed by atoms with Crippen molar-refractivity contribution in [3.8, 4) is 0 Å². The lowest BCUT2D eigenvalue weighted by Crippen LogP contribution is -2.30. The van der Waals surface area contributed by atoms with Crippen LogP contribution in [-0.4, -0.2) is 30.5 Å². The first-order valence-corrected chi connectivity index (χ1v) is 9.99. The van der Waals surface area contributed by atoms with E-state index < -0.39 is 5.97 Å². The van der Waals surface area contributed by atoms with Gasteiger partial charge in [0.2, 0.25) is 0 Å². The second-order valence-corrected chi connectivity index (χ2v) is 7.53. The van der Waals surface area contributed by atoms with E-state index in [2.05, 4.69) is 41.8 Å². The molecule has 0 aromatic heterocycles. The highest BCUT2D eigenvalue weighted by Gasteiger charge is 2.09. The molecule has 0 amide bonds. The molecule has 0 aliphatic heterocycles. The maximum Gasteiger partial charge on any atom is 0.337 e. The van der Waals surface area contributed by atoms with E-state index in [0.29, 0.717) is 21.4 Å². The van der Waals surface area contributed by atoms with Gasteiger partial charge >= 0.3 is 5.97 Å². The summed E-state index contributed by atoms with van der Waals surface area (Å²) in [6.07, 6.45) is 0. The van der Waals surface area contributed by atoms with Crippen LogP contribution < -0.4 is 10.6 Å². The Kier molecular flexibility index (Phi) is 8.22. The third-order valence-corrected chi connectivity index (χ3v) is 5.16. The molecule has 0 atom stereocenters. The minimum absolute atomic E-state index is 0.413. The van der Waals surface area contributed by atoms with Crippen LogP contribution in [0.5, 0.6) is 0 Å². The van der Waals surface area contributed by atoms with Gasteiger partial charge in [0.1, 0.15) is 0 Å². The van der Waals surface area contributed by atoms with Gasteiger partial charge in [0.05, 0.1) is 23.4 Å². The summed E-state index contributed by atoms with van der Waals surface area (Å²) in [7, 11) is 1.34. The van der Waals surface area contributed by atoms with Gasteiger partial charge in [-0.2, -0.15) is 11.8 Å². The molecule has 0 bridgehead atoms. The van der Waals surface area contributed by atoms with Crippen LogP contribution >= 0.6 is 35.6 Å². The van der Waals surface area contributed by atoms with E-state index in [1.54, 1.807) is 18.2 Å². The van der Waals surface area contributed by atoms with Crippen LogP contribution in [0.1, 0.15) is 21.5 Å². The molecule has 7 heteroatoms. The first kappa shape index (κ1) is 20.6. The highest BCUT2D eigenvalue weighted by Crippen LogP contribution is 2.23. The molecule has 2 aromatic rings. The third kappa shape index (κ3) is 6.52. The summed E-state index contributed by atoms with van der Waals surface area (Å²) in [6.45, 7) is 2.82. The number of thioether (sulfide) groups is 1. The lowest BCUT2D eigenvalue weighted by molar-refractivity contribution is 0.0601. The van der Waals surface area contributed by atoms with Crippen molar-refractivity contribution >= 4 is 52.3 Å². The van der Waals surface area contributed by atoms with Crippen LogP contribution in [0.4, 0.5) is 5.69 Å². The lowest BCUT2D eigenvalue weighted by atomic mass is 10.2. The second-order valence-electron chi connectivity index (χ2n) is 5.61. The maximum absolute atomic E-state index is 11.6. The molecule has 0 unspecified atom stereocenters. The quantitative estimate of drug-likeness (QED) is 0.395. The van der Waals surface area contributed by atoms with Gasteiger partial charge < -0.3 is 15.4 Å².